The summed E-state index contributed by atoms with van der Waals surface area (Å²) in [6, 6.07) is 89.4. The molecule has 0 aliphatic rings. The number of nitrogens with zero attached hydrogens (tertiary/aromatic N) is 4. The third-order valence-corrected chi connectivity index (χ3v) is 13.7. The topological polar surface area (TPSA) is 35.6 Å². The van der Waals surface area contributed by atoms with Crippen LogP contribution in [-0.2, 0) is 0 Å². The Morgan fingerprint density at radius 3 is 1.13 bits per heavy atom. The fraction of sp³-hybridized carbons (Fsp3) is 0.0154. The molecule has 4 nitrogen and oxygen atoms in total. The first-order valence-corrected chi connectivity index (χ1v) is 23.6. The molecule has 0 spiro atoms. The van der Waals surface area contributed by atoms with E-state index in [1.165, 1.54) is 43.6 Å². The lowest BCUT2D eigenvalue weighted by molar-refractivity contribution is 1.15. The maximum Gasteiger partial charge on any atom is 0.161 e. The molecule has 0 unspecified atom stereocenters. The molecule has 324 valence electrons. The zero-order valence-electron chi connectivity index (χ0n) is 38.0. The molecule has 0 aliphatic carbocycles. The summed E-state index contributed by atoms with van der Waals surface area (Å²) >= 11 is 0. The molecule has 4 heteroatoms. The minimum atomic E-state index is 0.686. The van der Waals surface area contributed by atoms with Crippen molar-refractivity contribution in [3.63, 3.8) is 0 Å². The van der Waals surface area contributed by atoms with Gasteiger partial charge in [0.2, 0.25) is 0 Å². The molecule has 0 fully saturated rings. The molecular formula is C65H44N4. The number of hydrogen-bond donors (Lipinski definition) is 0. The van der Waals surface area contributed by atoms with E-state index in [4.69, 9.17) is 9.97 Å². The first kappa shape index (κ1) is 40.2. The van der Waals surface area contributed by atoms with Gasteiger partial charge in [-0.1, -0.05) is 170 Å². The maximum absolute atomic E-state index is 5.41. The molecule has 69 heavy (non-hydrogen) atoms. The van der Waals surface area contributed by atoms with Gasteiger partial charge in [0.1, 0.15) is 0 Å². The van der Waals surface area contributed by atoms with Crippen molar-refractivity contribution < 1.29 is 0 Å². The Morgan fingerprint density at radius 1 is 0.275 bits per heavy atom. The van der Waals surface area contributed by atoms with Crippen LogP contribution in [0, 0.1) is 6.92 Å². The van der Waals surface area contributed by atoms with E-state index in [0.717, 1.165) is 78.4 Å². The monoisotopic (exact) mass is 880 g/mol. The minimum absolute atomic E-state index is 0.686. The van der Waals surface area contributed by atoms with Crippen molar-refractivity contribution in [2.24, 2.45) is 0 Å². The Hall–Kier alpha value is -9.12. The fourth-order valence-electron chi connectivity index (χ4n) is 10.5. The van der Waals surface area contributed by atoms with Crippen LogP contribution < -0.4 is 0 Å². The van der Waals surface area contributed by atoms with Crippen LogP contribution >= 0.6 is 0 Å². The van der Waals surface area contributed by atoms with Gasteiger partial charge in [-0.05, 0) is 119 Å². The quantitative estimate of drug-likeness (QED) is 0.152. The lowest BCUT2D eigenvalue weighted by Crippen LogP contribution is -2.01. The Morgan fingerprint density at radius 2 is 0.652 bits per heavy atom. The van der Waals surface area contributed by atoms with E-state index in [1.54, 1.807) is 0 Å². The van der Waals surface area contributed by atoms with Crippen molar-refractivity contribution in [3.05, 3.63) is 254 Å². The van der Waals surface area contributed by atoms with Crippen molar-refractivity contribution in [3.8, 4) is 78.7 Å². The molecule has 13 aromatic rings. The van der Waals surface area contributed by atoms with Gasteiger partial charge in [0.25, 0.3) is 0 Å². The first-order valence-electron chi connectivity index (χ1n) is 23.6. The molecule has 0 saturated carbocycles. The molecule has 0 amide bonds. The van der Waals surface area contributed by atoms with Gasteiger partial charge in [0, 0.05) is 55.2 Å². The fourth-order valence-corrected chi connectivity index (χ4v) is 10.5. The van der Waals surface area contributed by atoms with Crippen LogP contribution in [0.4, 0.5) is 0 Å². The number of para-hydroxylation sites is 4. The molecule has 0 atom stereocenters. The highest BCUT2D eigenvalue weighted by Gasteiger charge is 2.21. The van der Waals surface area contributed by atoms with Gasteiger partial charge in [-0.3, -0.25) is 0 Å². The van der Waals surface area contributed by atoms with E-state index >= 15 is 0 Å². The highest BCUT2D eigenvalue weighted by atomic mass is 15.0. The van der Waals surface area contributed by atoms with E-state index < -0.39 is 0 Å². The summed E-state index contributed by atoms with van der Waals surface area (Å²) in [4.78, 5) is 10.8. The Labute approximate surface area is 400 Å². The van der Waals surface area contributed by atoms with Crippen molar-refractivity contribution in [1.29, 1.82) is 0 Å². The summed E-state index contributed by atoms with van der Waals surface area (Å²) < 4.78 is 4.76. The van der Waals surface area contributed by atoms with E-state index in [-0.39, 0.29) is 0 Å². The van der Waals surface area contributed by atoms with Gasteiger partial charge < -0.3 is 9.13 Å². The van der Waals surface area contributed by atoms with Gasteiger partial charge in [0.05, 0.1) is 33.5 Å². The van der Waals surface area contributed by atoms with Gasteiger partial charge in [-0.15, -0.1) is 0 Å². The van der Waals surface area contributed by atoms with Crippen LogP contribution in [0.25, 0.3) is 122 Å². The number of hydrogen-bond acceptors (Lipinski definition) is 2. The molecule has 10 aromatic carbocycles. The zero-order chi connectivity index (χ0) is 45.8. The number of fused-ring (bicyclic) bond motifs is 6. The van der Waals surface area contributed by atoms with E-state index in [9.17, 15) is 0 Å². The zero-order valence-corrected chi connectivity index (χ0v) is 38.0. The maximum atomic E-state index is 5.41. The van der Waals surface area contributed by atoms with Crippen molar-refractivity contribution >= 4 is 43.6 Å². The van der Waals surface area contributed by atoms with Crippen LogP contribution in [0.2, 0.25) is 0 Å². The summed E-state index contributed by atoms with van der Waals surface area (Å²) in [7, 11) is 0. The van der Waals surface area contributed by atoms with Crippen molar-refractivity contribution in [2.75, 3.05) is 0 Å². The number of aromatic nitrogens is 4. The van der Waals surface area contributed by atoms with E-state index in [0.29, 0.717) is 5.82 Å². The molecular weight excluding hydrogens is 837 g/mol. The largest absolute Gasteiger partial charge is 0.309 e. The molecule has 3 aromatic heterocycles. The predicted molar refractivity (Wildman–Crippen MR) is 288 cm³/mol. The lowest BCUT2D eigenvalue weighted by Gasteiger charge is -2.17. The molecule has 0 bridgehead atoms. The second kappa shape index (κ2) is 16.6. The molecule has 0 saturated heterocycles. The van der Waals surface area contributed by atoms with E-state index in [1.807, 2.05) is 0 Å². The highest BCUT2D eigenvalue weighted by molar-refractivity contribution is 6.12. The number of benzene rings is 10. The minimum Gasteiger partial charge on any atom is -0.309 e. The molecule has 13 rings (SSSR count). The first-order chi connectivity index (χ1) is 34.1. The van der Waals surface area contributed by atoms with Gasteiger partial charge >= 0.3 is 0 Å². The van der Waals surface area contributed by atoms with Gasteiger partial charge in [-0.2, -0.15) is 0 Å². The second-order valence-electron chi connectivity index (χ2n) is 17.8. The van der Waals surface area contributed by atoms with Crippen LogP contribution in [0.5, 0.6) is 0 Å². The molecule has 0 N–H and O–H groups in total. The average Bonchev–Trinajstić information content (AvgIpc) is 3.94. The lowest BCUT2D eigenvalue weighted by atomic mass is 9.90. The van der Waals surface area contributed by atoms with Crippen LogP contribution in [0.3, 0.4) is 0 Å². The Bertz CT molecular complexity index is 3820. The van der Waals surface area contributed by atoms with Crippen LogP contribution in [-0.4, -0.2) is 19.1 Å². The second-order valence-corrected chi connectivity index (χ2v) is 17.8. The normalized spacial score (nSPS) is 11.6. The standard InChI is InChI=1S/C65H44N4/c1-43-63(44-20-6-2-7-21-44)66-65(67-64(43)45-22-8-3-9-23-45)56-31-15-14-28-53(56)50-39-48(46-34-36-61-57(41-46)54-29-16-18-32-59(54)68(61)51-24-10-4-11-25-51)38-49(40-50)47-35-37-62-58(42-47)55-30-17-19-33-60(55)69(62)52-26-12-5-13-27-52/h2-42H,1H3. The van der Waals surface area contributed by atoms with Crippen molar-refractivity contribution in [1.82, 2.24) is 19.1 Å². The van der Waals surface area contributed by atoms with Crippen molar-refractivity contribution in [2.45, 2.75) is 6.92 Å². The molecule has 0 radical (unpaired) electrons. The Balaban J connectivity index is 1.05. The SMILES string of the molecule is Cc1c(-c2ccccc2)nc(-c2ccccc2-c2cc(-c3ccc4c(c3)c3ccccc3n4-c3ccccc3)cc(-c3ccc4c(c3)c3ccccc3n4-c3ccccc3)c2)nc1-c1ccccc1. The Kier molecular flexibility index (Phi) is 9.69. The smallest absolute Gasteiger partial charge is 0.161 e. The summed E-state index contributed by atoms with van der Waals surface area (Å²) in [6.45, 7) is 2.14. The molecule has 3 heterocycles. The average molecular weight is 881 g/mol. The summed E-state index contributed by atoms with van der Waals surface area (Å²) in [5, 5.41) is 4.87. The van der Waals surface area contributed by atoms with Crippen LogP contribution in [0.1, 0.15) is 5.56 Å². The predicted octanol–water partition coefficient (Wildman–Crippen LogP) is 17.0. The number of rotatable bonds is 8. The summed E-state index contributed by atoms with van der Waals surface area (Å²) in [6.07, 6.45) is 0. The summed E-state index contributed by atoms with van der Waals surface area (Å²) in [5.41, 5.74) is 19.7. The third-order valence-electron chi connectivity index (χ3n) is 13.7. The van der Waals surface area contributed by atoms with Gasteiger partial charge in [-0.25, -0.2) is 9.97 Å². The molecule has 0 aliphatic heterocycles. The third kappa shape index (κ3) is 6.92. The van der Waals surface area contributed by atoms with E-state index in [2.05, 4.69) is 265 Å². The summed E-state index contributed by atoms with van der Waals surface area (Å²) in [5.74, 6) is 0.686. The van der Waals surface area contributed by atoms with Crippen LogP contribution in [0.15, 0.2) is 249 Å². The van der Waals surface area contributed by atoms with Gasteiger partial charge in [0.15, 0.2) is 5.82 Å². The highest BCUT2D eigenvalue weighted by Crippen LogP contribution is 2.42.